The van der Waals surface area contributed by atoms with Gasteiger partial charge >= 0.3 is 163 Å². The van der Waals surface area contributed by atoms with Crippen molar-refractivity contribution in [3.63, 3.8) is 0 Å². The van der Waals surface area contributed by atoms with Crippen LogP contribution in [0, 0.1) is 34.6 Å². The maximum absolute atomic E-state index is 4.16. The molecule has 0 atom stereocenters. The number of aromatic amines is 1. The number of rotatable bonds is 0. The molecule has 0 saturated heterocycles. The molecule has 0 radical (unpaired) electrons. The molecule has 4 aromatic heterocycles. The van der Waals surface area contributed by atoms with Crippen LogP contribution in [0.25, 0.3) is 16.6 Å². The van der Waals surface area contributed by atoms with Crippen LogP contribution in [0.5, 0.6) is 0 Å². The van der Waals surface area contributed by atoms with E-state index in [4.69, 9.17) is 0 Å². The number of H-pyrrole nitrogens is 1. The van der Waals surface area contributed by atoms with Gasteiger partial charge in [0.05, 0.1) is 18.0 Å². The zero-order valence-corrected chi connectivity index (χ0v) is 47.8. The molecule has 2 aliphatic rings. The molecule has 6 aromatic rings. The Morgan fingerprint density at radius 1 is 0.508 bits per heavy atom. The first-order chi connectivity index (χ1) is 30.5. The van der Waals surface area contributed by atoms with Crippen LogP contribution in [-0.4, -0.2) is 47.4 Å². The molecular weight excluding hydrogens is 873 g/mol. The molecule has 9 heteroatoms. The number of imidazole rings is 1. The van der Waals surface area contributed by atoms with Crippen molar-refractivity contribution >= 4 is 36.6 Å². The van der Waals surface area contributed by atoms with E-state index in [2.05, 4.69) is 160 Å². The van der Waals surface area contributed by atoms with Crippen molar-refractivity contribution in [3.8, 4) is 0 Å². The SMILES string of the molecule is C.C.CC.CC.CC.CC.CC.CC.CC.CC.CC.Cc1ccc2c(c1)C[C](=[V])N2C.Cc1ccc2c(c1)N(C)[C](=[V])C2.Cc1ccc2cncn2c1.Cc1cnc2n[nH]c(C)c2c1. The summed E-state index contributed by atoms with van der Waals surface area (Å²) < 4.78 is 4.77. The number of hydrogen-bond acceptors (Lipinski definition) is 5. The monoisotopic (exact) mass is 974 g/mol. The Morgan fingerprint density at radius 3 is 1.51 bits per heavy atom. The summed E-state index contributed by atoms with van der Waals surface area (Å²) in [5.41, 5.74) is 13.8. The van der Waals surface area contributed by atoms with E-state index in [1.54, 1.807) is 0 Å². The maximum Gasteiger partial charge on any atom is 0.181 e. The van der Waals surface area contributed by atoms with Gasteiger partial charge in [-0.25, -0.2) is 9.97 Å². The summed E-state index contributed by atoms with van der Waals surface area (Å²) in [5.74, 6) is 0. The smallest absolute Gasteiger partial charge is 0.181 e. The van der Waals surface area contributed by atoms with Crippen LogP contribution >= 0.6 is 0 Å². The van der Waals surface area contributed by atoms with Crippen LogP contribution in [0.4, 0.5) is 11.4 Å². The number of pyridine rings is 2. The van der Waals surface area contributed by atoms with Crippen molar-refractivity contribution in [2.75, 3.05) is 23.9 Å². The number of aromatic nitrogens is 5. The molecule has 0 aliphatic carbocycles. The molecule has 1 N–H and O–H groups in total. The summed E-state index contributed by atoms with van der Waals surface area (Å²) in [4.78, 5) is 12.7. The Kier molecular flexibility index (Phi) is 56.0. The molecular formula is C56H101N7V2. The number of aryl methyl sites for hydroxylation is 5. The first kappa shape index (κ1) is 75.6. The Hall–Kier alpha value is -3.74. The van der Waals surface area contributed by atoms with Gasteiger partial charge in [0, 0.05) is 23.5 Å². The van der Waals surface area contributed by atoms with Gasteiger partial charge in [0.1, 0.15) is 0 Å². The molecule has 6 heterocycles. The van der Waals surface area contributed by atoms with Gasteiger partial charge < -0.3 is 4.40 Å². The summed E-state index contributed by atoms with van der Waals surface area (Å²) in [7, 11) is 4.24. The third-order valence-corrected chi connectivity index (χ3v) is 9.39. The van der Waals surface area contributed by atoms with Gasteiger partial charge in [0.25, 0.3) is 0 Å². The topological polar surface area (TPSA) is 65.3 Å². The fraction of sp³-hybridized carbons (Fsp3) is 0.518. The van der Waals surface area contributed by atoms with Crippen molar-refractivity contribution in [3.05, 3.63) is 119 Å². The number of hydrogen-bond donors (Lipinski definition) is 1. The second-order valence-corrected chi connectivity index (χ2v) is 13.3. The van der Waals surface area contributed by atoms with Crippen LogP contribution < -0.4 is 9.80 Å². The van der Waals surface area contributed by atoms with E-state index in [1.165, 1.54) is 53.5 Å². The second-order valence-electron chi connectivity index (χ2n) is 11.7. The zero-order chi connectivity index (χ0) is 50.2. The van der Waals surface area contributed by atoms with Gasteiger partial charge in [-0.05, 0) is 44.0 Å². The number of anilines is 2. The van der Waals surface area contributed by atoms with Gasteiger partial charge in [0.15, 0.2) is 5.65 Å². The normalized spacial score (nSPS) is 9.83. The van der Waals surface area contributed by atoms with Crippen LogP contribution in [0.3, 0.4) is 0 Å². The third kappa shape index (κ3) is 26.9. The summed E-state index contributed by atoms with van der Waals surface area (Å²) in [6, 6.07) is 19.5. The predicted molar refractivity (Wildman–Crippen MR) is 295 cm³/mol. The van der Waals surface area contributed by atoms with E-state index in [1.807, 2.05) is 162 Å². The standard InChI is InChI=1S/2C10H11N.C8H9N3.C8H8N2.9C2H6.2CH4.2V/c1-8-3-4-10-9(7-8)5-6-11(10)2;1-8-3-4-9-5-6-11(2)10(9)7-8;1-5-3-7-6(2)10-11-8(7)9-4-5;1-7-2-3-8-4-9-6-10(8)5-7;9*1-2;;;;/h2*3-4,7H,5H2,1-2H3;3-4H,1-2H3,(H,9,10,11);2-6H,1H3;9*1-2H3;2*1H4;;. The van der Waals surface area contributed by atoms with Gasteiger partial charge in [0.2, 0.25) is 0 Å². The maximum atomic E-state index is 4.16. The molecule has 0 amide bonds. The number of nitrogens with one attached hydrogen (secondary N) is 1. The molecule has 0 saturated carbocycles. The molecule has 8 rings (SSSR count). The van der Waals surface area contributed by atoms with Crippen molar-refractivity contribution in [1.29, 1.82) is 0 Å². The van der Waals surface area contributed by atoms with E-state index < -0.39 is 0 Å². The quantitative estimate of drug-likeness (QED) is 0.164. The number of likely N-dealkylation sites (N-methyl/N-ethyl adjacent to an activating group) is 2. The van der Waals surface area contributed by atoms with Crippen molar-refractivity contribution in [2.24, 2.45) is 0 Å². The van der Waals surface area contributed by atoms with E-state index in [0.717, 1.165) is 35.1 Å². The fourth-order valence-corrected chi connectivity index (χ4v) is 6.20. The average Bonchev–Trinajstić information content (AvgIpc) is 4.11. The van der Waals surface area contributed by atoms with Gasteiger partial charge in [-0.1, -0.05) is 146 Å². The molecule has 0 unspecified atom stereocenters. The summed E-state index contributed by atoms with van der Waals surface area (Å²) in [5, 5.41) is 8.03. The molecule has 2 aliphatic heterocycles. The first-order valence-corrected chi connectivity index (χ1v) is 25.3. The minimum atomic E-state index is 0. The zero-order valence-electron chi connectivity index (χ0n) is 45.0. The van der Waals surface area contributed by atoms with Crippen molar-refractivity contribution in [2.45, 2.75) is 187 Å². The minimum Gasteiger partial charge on any atom is -0.306 e. The summed E-state index contributed by atoms with van der Waals surface area (Å²) in [6.07, 6.45) is 9.71. The Bertz CT molecular complexity index is 2010. The Balaban J connectivity index is -0.000000122. The summed E-state index contributed by atoms with van der Waals surface area (Å²) >= 11 is 5.29. The number of benzene rings is 2. The Labute approximate surface area is 422 Å². The van der Waals surface area contributed by atoms with E-state index in [-0.39, 0.29) is 14.9 Å². The molecule has 370 valence electrons. The van der Waals surface area contributed by atoms with E-state index >= 15 is 0 Å². The summed E-state index contributed by atoms with van der Waals surface area (Å²) in [6.45, 7) is 46.4. The Morgan fingerprint density at radius 2 is 0.969 bits per heavy atom. The van der Waals surface area contributed by atoms with Gasteiger partial charge in [-0.15, -0.1) is 0 Å². The van der Waals surface area contributed by atoms with Crippen LogP contribution in [0.15, 0.2) is 79.5 Å². The fourth-order valence-electron chi connectivity index (χ4n) is 5.33. The minimum absolute atomic E-state index is 0. The average molecular weight is 974 g/mol. The second kappa shape index (κ2) is 48.2. The van der Waals surface area contributed by atoms with E-state index in [0.29, 0.717) is 0 Å². The van der Waals surface area contributed by atoms with Crippen molar-refractivity contribution < 1.29 is 34.0 Å². The third-order valence-electron chi connectivity index (χ3n) is 7.96. The van der Waals surface area contributed by atoms with Gasteiger partial charge in [-0.3, -0.25) is 5.10 Å². The molecule has 65 heavy (non-hydrogen) atoms. The molecule has 7 nitrogen and oxygen atoms in total. The largest absolute Gasteiger partial charge is 0.306 e. The van der Waals surface area contributed by atoms with Crippen LogP contribution in [-0.2, 0) is 46.8 Å². The number of nitrogens with zero attached hydrogens (tertiary/aromatic N) is 6. The van der Waals surface area contributed by atoms with Crippen molar-refractivity contribution in [1.82, 2.24) is 24.6 Å². The molecule has 0 bridgehead atoms. The number of fused-ring (bicyclic) bond motifs is 4. The predicted octanol–water partition coefficient (Wildman–Crippen LogP) is 17.1. The van der Waals surface area contributed by atoms with Crippen LogP contribution in [0.1, 0.15) is 179 Å². The molecule has 2 aromatic carbocycles. The first-order valence-electron chi connectivity index (χ1n) is 23.9. The van der Waals surface area contributed by atoms with Crippen LogP contribution in [0.2, 0.25) is 0 Å². The van der Waals surface area contributed by atoms with E-state index in [9.17, 15) is 0 Å². The van der Waals surface area contributed by atoms with Gasteiger partial charge in [-0.2, -0.15) is 5.10 Å². The molecule has 0 spiro atoms. The molecule has 0 fully saturated rings.